The molecule has 1 N–H and O–H groups in total. The molecule has 1 rings (SSSR count). The number of Topliss-reactive ketones (excluding diaryl/α,β-unsaturated/α-hetero) is 1. The molecule has 0 aromatic heterocycles. The molecule has 0 aliphatic rings. The predicted octanol–water partition coefficient (Wildman–Crippen LogP) is 2.38. The van der Waals surface area contributed by atoms with Crippen molar-refractivity contribution in [1.82, 2.24) is 0 Å². The summed E-state index contributed by atoms with van der Waals surface area (Å²) < 4.78 is 0. The smallest absolute Gasteiger partial charge is 0.166 e. The van der Waals surface area contributed by atoms with Crippen LogP contribution in [0.1, 0.15) is 23.7 Å². The Labute approximate surface area is 75.2 Å². The Morgan fingerprint density at radius 1 is 1.54 bits per heavy atom. The van der Waals surface area contributed by atoms with E-state index in [1.807, 2.05) is 0 Å². The van der Waals surface area contributed by atoms with Crippen molar-refractivity contribution >= 4 is 11.5 Å². The highest BCUT2D eigenvalue weighted by Crippen LogP contribution is 2.30. The number of phenolic OH excluding ortho intramolecular Hbond substituents is 1. The number of para-hydroxylation sites is 1. The van der Waals surface area contributed by atoms with Crippen molar-refractivity contribution in [2.75, 3.05) is 0 Å². The van der Waals surface area contributed by atoms with Crippen molar-refractivity contribution in [3.05, 3.63) is 28.7 Å². The second-order valence-electron chi connectivity index (χ2n) is 2.54. The highest BCUT2D eigenvalue weighted by Gasteiger charge is 2.12. The molecule has 4 heteroatoms. The summed E-state index contributed by atoms with van der Waals surface area (Å²) >= 11 is 0. The zero-order valence-electron chi connectivity index (χ0n) is 7.15. The summed E-state index contributed by atoms with van der Waals surface area (Å²) in [6.07, 6.45) is 0.288. The maximum atomic E-state index is 11.2. The Morgan fingerprint density at radius 2 is 2.23 bits per heavy atom. The van der Waals surface area contributed by atoms with E-state index in [4.69, 9.17) is 0 Å². The number of hydrogen-bond acceptors (Lipinski definition) is 4. The minimum absolute atomic E-state index is 0.0979. The number of ketones is 1. The fourth-order valence-electron chi connectivity index (χ4n) is 1.02. The molecule has 0 aliphatic carbocycles. The lowest BCUT2D eigenvalue weighted by Gasteiger charge is -2.01. The van der Waals surface area contributed by atoms with Crippen LogP contribution in [-0.4, -0.2) is 10.9 Å². The summed E-state index contributed by atoms with van der Waals surface area (Å²) in [5.41, 5.74) is 0.0545. The molecule has 0 aliphatic heterocycles. The fourth-order valence-corrected chi connectivity index (χ4v) is 1.02. The number of carbonyl (C=O) groups excluding carboxylic acids is 1. The largest absolute Gasteiger partial charge is 0.505 e. The van der Waals surface area contributed by atoms with Crippen molar-refractivity contribution in [3.8, 4) is 5.75 Å². The molecule has 0 heterocycles. The molecule has 0 atom stereocenters. The van der Waals surface area contributed by atoms with Crippen molar-refractivity contribution in [2.24, 2.45) is 5.18 Å². The molecule has 0 spiro atoms. The number of nitroso groups, excluding NO2 is 1. The molecule has 0 bridgehead atoms. The predicted molar refractivity (Wildman–Crippen MR) is 48.2 cm³/mol. The van der Waals surface area contributed by atoms with Gasteiger partial charge < -0.3 is 5.11 Å². The molecule has 0 unspecified atom stereocenters. The van der Waals surface area contributed by atoms with E-state index in [1.54, 1.807) is 6.92 Å². The standard InChI is InChI=1S/C9H9NO3/c1-2-8(11)6-4-3-5-7(10-13)9(6)12/h3-5,12H,2H2,1H3. The van der Waals surface area contributed by atoms with Gasteiger partial charge >= 0.3 is 0 Å². The van der Waals surface area contributed by atoms with Crippen LogP contribution in [0.5, 0.6) is 5.75 Å². The molecule has 68 valence electrons. The first-order valence-electron chi connectivity index (χ1n) is 3.89. The van der Waals surface area contributed by atoms with Gasteiger partial charge in [-0.05, 0) is 17.3 Å². The van der Waals surface area contributed by atoms with Crippen LogP contribution in [0, 0.1) is 4.91 Å². The van der Waals surface area contributed by atoms with Gasteiger partial charge in [0.25, 0.3) is 0 Å². The summed E-state index contributed by atoms with van der Waals surface area (Å²) in [4.78, 5) is 21.4. The maximum Gasteiger partial charge on any atom is 0.166 e. The van der Waals surface area contributed by atoms with Gasteiger partial charge in [0.15, 0.2) is 11.5 Å². The quantitative estimate of drug-likeness (QED) is 0.572. The first-order valence-corrected chi connectivity index (χ1v) is 3.89. The molecule has 0 saturated carbocycles. The highest BCUT2D eigenvalue weighted by molar-refractivity contribution is 5.99. The Balaban J connectivity index is 3.23. The van der Waals surface area contributed by atoms with Crippen LogP contribution in [0.3, 0.4) is 0 Å². The number of rotatable bonds is 3. The number of hydrogen-bond donors (Lipinski definition) is 1. The summed E-state index contributed by atoms with van der Waals surface area (Å²) in [5.74, 6) is -0.535. The molecule has 1 aromatic rings. The van der Waals surface area contributed by atoms with Crippen LogP contribution in [0.15, 0.2) is 23.4 Å². The molecule has 0 amide bonds. The first-order chi connectivity index (χ1) is 6.20. The third kappa shape index (κ3) is 1.72. The van der Waals surface area contributed by atoms with Crippen LogP contribution in [0.2, 0.25) is 0 Å². The van der Waals surface area contributed by atoms with Gasteiger partial charge in [0.2, 0.25) is 0 Å². The number of nitrogens with zero attached hydrogens (tertiary/aromatic N) is 1. The van der Waals surface area contributed by atoms with E-state index in [0.29, 0.717) is 0 Å². The Bertz CT molecular complexity index is 347. The monoisotopic (exact) mass is 179 g/mol. The summed E-state index contributed by atoms with van der Waals surface area (Å²) in [6, 6.07) is 4.34. The Hall–Kier alpha value is -1.71. The SMILES string of the molecule is CCC(=O)c1cccc(N=O)c1O. The first kappa shape index (κ1) is 9.38. The topological polar surface area (TPSA) is 66.7 Å². The lowest BCUT2D eigenvalue weighted by Crippen LogP contribution is -1.96. The molecule has 0 saturated heterocycles. The third-order valence-corrected chi connectivity index (χ3v) is 1.73. The van der Waals surface area contributed by atoms with Crippen LogP contribution in [-0.2, 0) is 0 Å². The van der Waals surface area contributed by atoms with Gasteiger partial charge in [-0.3, -0.25) is 4.79 Å². The Morgan fingerprint density at radius 3 is 2.77 bits per heavy atom. The normalized spacial score (nSPS) is 9.62. The molecular weight excluding hydrogens is 170 g/mol. The van der Waals surface area contributed by atoms with Gasteiger partial charge in [0.05, 0.1) is 5.56 Å². The van der Waals surface area contributed by atoms with Crippen molar-refractivity contribution in [3.63, 3.8) is 0 Å². The average molecular weight is 179 g/mol. The van der Waals surface area contributed by atoms with Crippen molar-refractivity contribution in [2.45, 2.75) is 13.3 Å². The average Bonchev–Trinajstić information content (AvgIpc) is 2.17. The highest BCUT2D eigenvalue weighted by atomic mass is 16.3. The zero-order valence-corrected chi connectivity index (χ0v) is 7.15. The van der Waals surface area contributed by atoms with E-state index >= 15 is 0 Å². The molecule has 13 heavy (non-hydrogen) atoms. The van der Waals surface area contributed by atoms with Gasteiger partial charge in [-0.2, -0.15) is 0 Å². The van der Waals surface area contributed by atoms with Crippen molar-refractivity contribution in [1.29, 1.82) is 0 Å². The molecule has 4 nitrogen and oxygen atoms in total. The second kappa shape index (κ2) is 3.80. The van der Waals surface area contributed by atoms with E-state index in [9.17, 15) is 14.8 Å². The van der Waals surface area contributed by atoms with Gasteiger partial charge in [-0.15, -0.1) is 4.91 Å². The van der Waals surface area contributed by atoms with E-state index in [1.165, 1.54) is 18.2 Å². The van der Waals surface area contributed by atoms with Gasteiger partial charge in [-0.25, -0.2) is 0 Å². The summed E-state index contributed by atoms with van der Waals surface area (Å²) in [7, 11) is 0. The summed E-state index contributed by atoms with van der Waals surface area (Å²) in [6.45, 7) is 1.68. The lowest BCUT2D eigenvalue weighted by atomic mass is 10.1. The van der Waals surface area contributed by atoms with Crippen LogP contribution >= 0.6 is 0 Å². The molecule has 0 fully saturated rings. The zero-order chi connectivity index (χ0) is 9.84. The minimum atomic E-state index is -0.329. The van der Waals surface area contributed by atoms with E-state index in [2.05, 4.69) is 5.18 Å². The maximum absolute atomic E-state index is 11.2. The molecule has 0 radical (unpaired) electrons. The Kier molecular flexibility index (Phi) is 2.74. The van der Waals surface area contributed by atoms with Gasteiger partial charge in [0, 0.05) is 6.42 Å². The lowest BCUT2D eigenvalue weighted by molar-refractivity contribution is 0.0985. The van der Waals surface area contributed by atoms with Gasteiger partial charge in [0.1, 0.15) is 5.69 Å². The van der Waals surface area contributed by atoms with Crippen molar-refractivity contribution < 1.29 is 9.90 Å². The van der Waals surface area contributed by atoms with E-state index < -0.39 is 0 Å². The fraction of sp³-hybridized carbons (Fsp3) is 0.222. The summed E-state index contributed by atoms with van der Waals surface area (Å²) in [5, 5.41) is 12.0. The molecular formula is C9H9NO3. The van der Waals surface area contributed by atoms with Crippen LogP contribution < -0.4 is 0 Å². The molecule has 1 aromatic carbocycles. The number of phenols is 1. The number of benzene rings is 1. The van der Waals surface area contributed by atoms with E-state index in [0.717, 1.165) is 0 Å². The van der Waals surface area contributed by atoms with Crippen LogP contribution in [0.25, 0.3) is 0 Å². The second-order valence-corrected chi connectivity index (χ2v) is 2.54. The van der Waals surface area contributed by atoms with E-state index in [-0.39, 0.29) is 29.2 Å². The number of carbonyl (C=O) groups is 1. The third-order valence-electron chi connectivity index (χ3n) is 1.73. The van der Waals surface area contributed by atoms with Gasteiger partial charge in [-0.1, -0.05) is 13.0 Å². The number of aromatic hydroxyl groups is 1. The van der Waals surface area contributed by atoms with Crippen LogP contribution in [0.4, 0.5) is 5.69 Å². The minimum Gasteiger partial charge on any atom is -0.505 e.